The van der Waals surface area contributed by atoms with Crippen molar-refractivity contribution >= 4 is 5.78 Å². The molecule has 2 aromatic carbocycles. The zero-order chi connectivity index (χ0) is 13.2. The number of hydrogen-bond acceptors (Lipinski definition) is 3. The lowest BCUT2D eigenvalue weighted by molar-refractivity contribution is 0.0857. The molecule has 0 spiro atoms. The molecule has 0 saturated carbocycles. The fourth-order valence-corrected chi connectivity index (χ4v) is 2.27. The Morgan fingerprint density at radius 3 is 2.68 bits per heavy atom. The van der Waals surface area contributed by atoms with Gasteiger partial charge in [-0.2, -0.15) is 0 Å². The van der Waals surface area contributed by atoms with E-state index in [-0.39, 0.29) is 5.78 Å². The second kappa shape index (κ2) is 4.76. The lowest BCUT2D eigenvalue weighted by atomic mass is 10.0. The van der Waals surface area contributed by atoms with Crippen molar-refractivity contribution in [3.8, 4) is 11.5 Å². The fourth-order valence-electron chi connectivity index (χ4n) is 2.27. The molecule has 3 heteroatoms. The number of carbonyl (C=O) groups is 1. The van der Waals surface area contributed by atoms with Gasteiger partial charge >= 0.3 is 0 Å². The second-order valence-electron chi connectivity index (χ2n) is 4.52. The molecule has 0 fully saturated rings. The molecular weight excluding hydrogens is 240 g/mol. The van der Waals surface area contributed by atoms with E-state index in [1.165, 1.54) is 0 Å². The predicted octanol–water partition coefficient (Wildman–Crippen LogP) is 2.88. The number of fused-ring (bicyclic) bond motifs is 1. The number of hydrogen-bond donors (Lipinski definition) is 0. The van der Waals surface area contributed by atoms with Gasteiger partial charge in [0.25, 0.3) is 0 Å². The number of methoxy groups -OCH3 is 1. The lowest BCUT2D eigenvalue weighted by Gasteiger charge is -2.08. The Morgan fingerprint density at radius 1 is 1.16 bits per heavy atom. The van der Waals surface area contributed by atoms with E-state index in [1.54, 1.807) is 25.3 Å². The Bertz CT molecular complexity index is 605. The summed E-state index contributed by atoms with van der Waals surface area (Å²) in [5.74, 6) is 1.35. The number of Topliss-reactive ketones (excluding diaryl/α,β-unsaturated/α-hetero) is 1. The molecule has 3 rings (SSSR count). The molecule has 0 amide bonds. The van der Waals surface area contributed by atoms with Crippen LogP contribution in [0.15, 0.2) is 48.5 Å². The molecule has 0 radical (unpaired) electrons. The second-order valence-corrected chi connectivity index (χ2v) is 4.52. The van der Waals surface area contributed by atoms with Crippen molar-refractivity contribution in [1.29, 1.82) is 0 Å². The molecule has 1 heterocycles. The molecule has 1 aliphatic heterocycles. The highest BCUT2D eigenvalue weighted by molar-refractivity contribution is 6.05. The van der Waals surface area contributed by atoms with Gasteiger partial charge in [-0.15, -0.1) is 0 Å². The molecule has 96 valence electrons. The zero-order valence-corrected chi connectivity index (χ0v) is 10.6. The summed E-state index contributed by atoms with van der Waals surface area (Å²) in [4.78, 5) is 12.3. The minimum atomic E-state index is -0.426. The maximum Gasteiger partial charge on any atom is 0.207 e. The molecule has 2 aromatic rings. The van der Waals surface area contributed by atoms with Gasteiger partial charge in [0.1, 0.15) is 11.5 Å². The van der Waals surface area contributed by atoms with Gasteiger partial charge in [-0.05, 0) is 23.8 Å². The van der Waals surface area contributed by atoms with Crippen LogP contribution in [-0.2, 0) is 6.42 Å². The van der Waals surface area contributed by atoms with Gasteiger partial charge in [0.2, 0.25) is 5.78 Å². The van der Waals surface area contributed by atoms with Crippen LogP contribution in [0.25, 0.3) is 0 Å². The molecule has 0 aromatic heterocycles. The number of benzene rings is 2. The molecule has 0 unspecified atom stereocenters. The zero-order valence-electron chi connectivity index (χ0n) is 10.6. The first-order valence-electron chi connectivity index (χ1n) is 6.21. The third-order valence-electron chi connectivity index (χ3n) is 3.28. The molecule has 1 aliphatic rings. The summed E-state index contributed by atoms with van der Waals surface area (Å²) < 4.78 is 10.9. The third-order valence-corrected chi connectivity index (χ3v) is 3.28. The summed E-state index contributed by atoms with van der Waals surface area (Å²) in [5, 5.41) is 0. The highest BCUT2D eigenvalue weighted by Gasteiger charge is 2.32. The Kier molecular flexibility index (Phi) is 2.95. The minimum Gasteiger partial charge on any atom is -0.497 e. The normalized spacial score (nSPS) is 16.9. The van der Waals surface area contributed by atoms with Gasteiger partial charge in [-0.3, -0.25) is 4.79 Å². The van der Waals surface area contributed by atoms with E-state index in [0.717, 1.165) is 5.56 Å². The van der Waals surface area contributed by atoms with Crippen molar-refractivity contribution in [2.75, 3.05) is 7.11 Å². The average Bonchev–Trinajstić information content (AvgIpc) is 2.76. The van der Waals surface area contributed by atoms with E-state index >= 15 is 0 Å². The predicted molar refractivity (Wildman–Crippen MR) is 71.9 cm³/mol. The van der Waals surface area contributed by atoms with E-state index in [2.05, 4.69) is 0 Å². The summed E-state index contributed by atoms with van der Waals surface area (Å²) in [6.07, 6.45) is 0.168. The molecule has 19 heavy (non-hydrogen) atoms. The summed E-state index contributed by atoms with van der Waals surface area (Å²) in [6.45, 7) is 0. The molecule has 1 atom stereocenters. The third kappa shape index (κ3) is 2.19. The molecule has 0 bridgehead atoms. The van der Waals surface area contributed by atoms with Crippen LogP contribution in [0, 0.1) is 0 Å². The van der Waals surface area contributed by atoms with Gasteiger partial charge in [0, 0.05) is 6.42 Å². The number of carbonyl (C=O) groups excluding carboxylic acids is 1. The van der Waals surface area contributed by atoms with Crippen LogP contribution in [0.4, 0.5) is 0 Å². The summed E-state index contributed by atoms with van der Waals surface area (Å²) in [5.41, 5.74) is 1.71. The SMILES string of the molecule is COc1ccc2c(c1)C(=O)[C@H](Cc1ccccc1)O2. The van der Waals surface area contributed by atoms with Crippen LogP contribution in [0.2, 0.25) is 0 Å². The molecule has 3 nitrogen and oxygen atoms in total. The average molecular weight is 254 g/mol. The van der Waals surface area contributed by atoms with Crippen molar-refractivity contribution in [3.05, 3.63) is 59.7 Å². The van der Waals surface area contributed by atoms with Crippen LogP contribution >= 0.6 is 0 Å². The van der Waals surface area contributed by atoms with E-state index in [1.807, 2.05) is 30.3 Å². The monoisotopic (exact) mass is 254 g/mol. The maximum atomic E-state index is 12.3. The summed E-state index contributed by atoms with van der Waals surface area (Å²) >= 11 is 0. The topological polar surface area (TPSA) is 35.5 Å². The smallest absolute Gasteiger partial charge is 0.207 e. The molecule has 0 saturated heterocycles. The fraction of sp³-hybridized carbons (Fsp3) is 0.188. The molecule has 0 N–H and O–H groups in total. The largest absolute Gasteiger partial charge is 0.497 e. The standard InChI is InChI=1S/C16H14O3/c1-18-12-7-8-14-13(10-12)16(17)15(19-14)9-11-5-3-2-4-6-11/h2-8,10,15H,9H2,1H3/t15-/m0/s1. The highest BCUT2D eigenvalue weighted by atomic mass is 16.5. The Labute approximate surface area is 111 Å². The van der Waals surface area contributed by atoms with Crippen LogP contribution in [0.3, 0.4) is 0 Å². The van der Waals surface area contributed by atoms with Crippen LogP contribution in [0.1, 0.15) is 15.9 Å². The first kappa shape index (κ1) is 11.8. The van der Waals surface area contributed by atoms with Crippen molar-refractivity contribution < 1.29 is 14.3 Å². The van der Waals surface area contributed by atoms with Crippen LogP contribution in [0.5, 0.6) is 11.5 Å². The van der Waals surface area contributed by atoms with Crippen molar-refractivity contribution in [3.63, 3.8) is 0 Å². The molecule has 0 aliphatic carbocycles. The molecular formula is C16H14O3. The van der Waals surface area contributed by atoms with Crippen LogP contribution in [-0.4, -0.2) is 19.0 Å². The lowest BCUT2D eigenvalue weighted by Crippen LogP contribution is -2.23. The first-order valence-corrected chi connectivity index (χ1v) is 6.21. The van der Waals surface area contributed by atoms with Crippen molar-refractivity contribution in [1.82, 2.24) is 0 Å². The Hall–Kier alpha value is -2.29. The minimum absolute atomic E-state index is 0.0257. The summed E-state index contributed by atoms with van der Waals surface area (Å²) in [7, 11) is 1.59. The van der Waals surface area contributed by atoms with E-state index in [0.29, 0.717) is 23.5 Å². The highest BCUT2D eigenvalue weighted by Crippen LogP contribution is 2.32. The number of ether oxygens (including phenoxy) is 2. The maximum absolute atomic E-state index is 12.3. The Morgan fingerprint density at radius 2 is 1.95 bits per heavy atom. The van der Waals surface area contributed by atoms with Gasteiger partial charge in [-0.25, -0.2) is 0 Å². The summed E-state index contributed by atoms with van der Waals surface area (Å²) in [6, 6.07) is 15.2. The van der Waals surface area contributed by atoms with Crippen molar-refractivity contribution in [2.24, 2.45) is 0 Å². The van der Waals surface area contributed by atoms with E-state index in [4.69, 9.17) is 9.47 Å². The van der Waals surface area contributed by atoms with Gasteiger partial charge in [0.05, 0.1) is 12.7 Å². The quantitative estimate of drug-likeness (QED) is 0.844. The first-order chi connectivity index (χ1) is 9.28. The van der Waals surface area contributed by atoms with E-state index in [9.17, 15) is 4.79 Å². The van der Waals surface area contributed by atoms with E-state index < -0.39 is 6.10 Å². The number of ketones is 1. The van der Waals surface area contributed by atoms with Gasteiger partial charge < -0.3 is 9.47 Å². The van der Waals surface area contributed by atoms with Crippen molar-refractivity contribution in [2.45, 2.75) is 12.5 Å². The van der Waals surface area contributed by atoms with Gasteiger partial charge in [0.15, 0.2) is 6.10 Å². The van der Waals surface area contributed by atoms with Crippen LogP contribution < -0.4 is 9.47 Å². The van der Waals surface area contributed by atoms with Gasteiger partial charge in [-0.1, -0.05) is 30.3 Å². The Balaban J connectivity index is 1.83. The number of rotatable bonds is 3.